The molecule has 3 atom stereocenters. The summed E-state index contributed by atoms with van der Waals surface area (Å²) in [5, 5.41) is 12.5. The van der Waals surface area contributed by atoms with Gasteiger partial charge < -0.3 is 20.1 Å². The third-order valence-electron chi connectivity index (χ3n) is 5.89. The number of benzene rings is 1. The van der Waals surface area contributed by atoms with Gasteiger partial charge in [-0.25, -0.2) is 9.37 Å². The molecule has 0 bridgehead atoms. The molecule has 0 spiro atoms. The minimum atomic E-state index is -4.76. The number of hydrogen-bond donors (Lipinski definition) is 2. The minimum Gasteiger partial charge on any atom is -0.406 e. The van der Waals surface area contributed by atoms with Gasteiger partial charge in [-0.15, -0.1) is 13.2 Å². The summed E-state index contributed by atoms with van der Waals surface area (Å²) in [4.78, 5) is 18.7. The Morgan fingerprint density at radius 2 is 1.94 bits per heavy atom. The summed E-state index contributed by atoms with van der Waals surface area (Å²) in [6, 6.07) is 6.87. The van der Waals surface area contributed by atoms with Crippen molar-refractivity contribution in [3.05, 3.63) is 47.4 Å². The highest BCUT2D eigenvalue weighted by Crippen LogP contribution is 2.54. The number of alkyl halides is 3. The van der Waals surface area contributed by atoms with E-state index < -0.39 is 29.6 Å². The number of rotatable bonds is 5. The van der Waals surface area contributed by atoms with Gasteiger partial charge in [-0.1, -0.05) is 32.9 Å². The summed E-state index contributed by atoms with van der Waals surface area (Å²) in [5.74, 6) is -1.47. The quantitative estimate of drug-likeness (QED) is 0.630. The molecule has 2 aromatic rings. The number of halogens is 4. The topological polar surface area (TPSA) is 74.7 Å². The lowest BCUT2D eigenvalue weighted by Crippen LogP contribution is -2.39. The predicted octanol–water partition coefficient (Wildman–Crippen LogP) is 4.59. The second-order valence-corrected chi connectivity index (χ2v) is 9.66. The monoisotopic (exact) mass is 467 g/mol. The third-order valence-corrected chi connectivity index (χ3v) is 5.89. The number of ether oxygens (including phenoxy) is 1. The maximum Gasteiger partial charge on any atom is 0.573 e. The number of amides is 1. The normalized spacial score (nSPS) is 20.5. The zero-order chi connectivity index (χ0) is 24.1. The van der Waals surface area contributed by atoms with E-state index in [4.69, 9.17) is 0 Å². The summed E-state index contributed by atoms with van der Waals surface area (Å²) in [7, 11) is 0. The van der Waals surface area contributed by atoms with Gasteiger partial charge in [0.15, 0.2) is 11.6 Å². The van der Waals surface area contributed by atoms with E-state index in [0.717, 1.165) is 12.0 Å². The van der Waals surface area contributed by atoms with E-state index in [-0.39, 0.29) is 17.5 Å². The first kappa shape index (κ1) is 23.3. The molecular formula is C23H25F4N3O3. The number of carbonyl (C=O) groups excluding carboxylic acids is 1. The van der Waals surface area contributed by atoms with Crippen LogP contribution >= 0.6 is 0 Å². The fraction of sp³-hybridized carbons (Fsp3) is 0.478. The van der Waals surface area contributed by atoms with E-state index in [0.29, 0.717) is 30.4 Å². The van der Waals surface area contributed by atoms with Crippen LogP contribution in [0.5, 0.6) is 5.75 Å². The van der Waals surface area contributed by atoms with Gasteiger partial charge in [0.1, 0.15) is 11.9 Å². The molecule has 0 saturated heterocycles. The van der Waals surface area contributed by atoms with Gasteiger partial charge in [0.25, 0.3) is 5.91 Å². The van der Waals surface area contributed by atoms with E-state index in [2.05, 4.69) is 15.0 Å². The average Bonchev–Trinajstić information content (AvgIpc) is 3.47. The zero-order valence-corrected chi connectivity index (χ0v) is 18.4. The molecule has 1 unspecified atom stereocenters. The molecule has 1 saturated carbocycles. The maximum atomic E-state index is 14.9. The Kier molecular flexibility index (Phi) is 5.76. The van der Waals surface area contributed by atoms with Gasteiger partial charge in [-0.3, -0.25) is 4.79 Å². The molecule has 2 heterocycles. The molecule has 2 aliphatic rings. The first-order valence-corrected chi connectivity index (χ1v) is 10.6. The highest BCUT2D eigenvalue weighted by molar-refractivity contribution is 5.94. The van der Waals surface area contributed by atoms with Crippen LogP contribution in [0.25, 0.3) is 0 Å². The number of nitrogens with one attached hydrogen (secondary N) is 1. The van der Waals surface area contributed by atoms with Crippen LogP contribution in [0.4, 0.5) is 29.1 Å². The number of carbonyl (C=O) groups is 1. The summed E-state index contributed by atoms with van der Waals surface area (Å²) in [6.07, 6.45) is -5.20. The standard InChI is InChI=1S/C23H25F4N3O3/c1-22(2,3)19(31)21(32)29-20-16(24)9-17-18(28-20)15-8-13(15)11-30(17)10-12-4-6-14(7-5-12)33-23(25,26)27/h4-7,9,13,15,19,31H,8,10-11H2,1-3H3,(H,28,29,32)/t13-,15?,19+/m1/s1. The molecule has 4 rings (SSSR count). The van der Waals surface area contributed by atoms with Crippen LogP contribution in [0.2, 0.25) is 0 Å². The molecule has 1 amide bonds. The third kappa shape index (κ3) is 5.21. The van der Waals surface area contributed by atoms with Crippen LogP contribution in [-0.4, -0.2) is 35.0 Å². The number of aliphatic hydroxyl groups is 1. The van der Waals surface area contributed by atoms with Crippen molar-refractivity contribution in [2.24, 2.45) is 11.3 Å². The molecule has 1 aliphatic heterocycles. The maximum absolute atomic E-state index is 14.9. The Hall–Kier alpha value is -2.88. The van der Waals surface area contributed by atoms with E-state index in [1.54, 1.807) is 20.8 Å². The lowest BCUT2D eigenvalue weighted by molar-refractivity contribution is -0.274. The molecule has 1 fully saturated rings. The van der Waals surface area contributed by atoms with Gasteiger partial charge in [0.2, 0.25) is 0 Å². The number of pyridine rings is 1. The first-order valence-electron chi connectivity index (χ1n) is 10.6. The summed E-state index contributed by atoms with van der Waals surface area (Å²) >= 11 is 0. The van der Waals surface area contributed by atoms with E-state index >= 15 is 0 Å². The second-order valence-electron chi connectivity index (χ2n) is 9.66. The number of hydrogen-bond acceptors (Lipinski definition) is 5. The smallest absolute Gasteiger partial charge is 0.406 e. The molecule has 33 heavy (non-hydrogen) atoms. The lowest BCUT2D eigenvalue weighted by Gasteiger charge is -2.31. The van der Waals surface area contributed by atoms with E-state index in [1.165, 1.54) is 30.3 Å². The number of fused-ring (bicyclic) bond motifs is 3. The van der Waals surface area contributed by atoms with Crippen molar-refractivity contribution in [2.75, 3.05) is 16.8 Å². The van der Waals surface area contributed by atoms with Crippen molar-refractivity contribution in [3.8, 4) is 5.75 Å². The molecule has 10 heteroatoms. The number of anilines is 2. The number of aromatic nitrogens is 1. The SMILES string of the molecule is CC(C)(C)[C@@H](O)C(=O)Nc1nc2c(cc1F)N(Cc1ccc(OC(F)(F)F)cc1)C[C@H]1CC21. The predicted molar refractivity (Wildman–Crippen MR) is 113 cm³/mol. The van der Waals surface area contributed by atoms with E-state index in [9.17, 15) is 27.5 Å². The fourth-order valence-electron chi connectivity index (χ4n) is 4.02. The van der Waals surface area contributed by atoms with Crippen molar-refractivity contribution in [3.63, 3.8) is 0 Å². The van der Waals surface area contributed by atoms with Crippen LogP contribution < -0.4 is 15.0 Å². The Balaban J connectivity index is 1.53. The van der Waals surface area contributed by atoms with Crippen LogP contribution in [0.1, 0.15) is 44.4 Å². The first-order chi connectivity index (χ1) is 15.3. The minimum absolute atomic E-state index is 0.169. The molecule has 1 aromatic heterocycles. The van der Waals surface area contributed by atoms with Crippen LogP contribution in [0.15, 0.2) is 30.3 Å². The van der Waals surface area contributed by atoms with Gasteiger partial charge in [-0.2, -0.15) is 0 Å². The largest absolute Gasteiger partial charge is 0.573 e. The van der Waals surface area contributed by atoms with Gasteiger partial charge >= 0.3 is 6.36 Å². The average molecular weight is 467 g/mol. The summed E-state index contributed by atoms with van der Waals surface area (Å²) in [5.41, 5.74) is 1.29. The summed E-state index contributed by atoms with van der Waals surface area (Å²) in [6.45, 7) is 6.12. The molecular weight excluding hydrogens is 442 g/mol. The van der Waals surface area contributed by atoms with Crippen molar-refractivity contribution in [1.29, 1.82) is 0 Å². The Bertz CT molecular complexity index is 1050. The Labute approximate surface area is 188 Å². The van der Waals surface area contributed by atoms with Gasteiger partial charge in [0.05, 0.1) is 11.4 Å². The second kappa shape index (κ2) is 8.16. The zero-order valence-electron chi connectivity index (χ0n) is 18.4. The number of aliphatic hydroxyl groups excluding tert-OH is 1. The van der Waals surface area contributed by atoms with Crippen LogP contribution in [0.3, 0.4) is 0 Å². The van der Waals surface area contributed by atoms with Crippen molar-refractivity contribution < 1.29 is 32.2 Å². The molecule has 6 nitrogen and oxygen atoms in total. The highest BCUT2D eigenvalue weighted by Gasteiger charge is 2.47. The van der Waals surface area contributed by atoms with Crippen molar-refractivity contribution in [1.82, 2.24) is 4.98 Å². The fourth-order valence-corrected chi connectivity index (χ4v) is 4.02. The number of nitrogens with zero attached hydrogens (tertiary/aromatic N) is 2. The lowest BCUT2D eigenvalue weighted by atomic mass is 9.88. The van der Waals surface area contributed by atoms with Crippen molar-refractivity contribution >= 4 is 17.4 Å². The van der Waals surface area contributed by atoms with Gasteiger partial charge in [-0.05, 0) is 35.4 Å². The Morgan fingerprint density at radius 1 is 1.27 bits per heavy atom. The molecule has 178 valence electrons. The molecule has 2 N–H and O–H groups in total. The van der Waals surface area contributed by atoms with Crippen LogP contribution in [-0.2, 0) is 11.3 Å². The molecule has 0 radical (unpaired) electrons. The summed E-state index contributed by atoms with van der Waals surface area (Å²) < 4.78 is 55.9. The van der Waals surface area contributed by atoms with E-state index in [1.807, 2.05) is 4.90 Å². The van der Waals surface area contributed by atoms with Gasteiger partial charge in [0, 0.05) is 25.1 Å². The molecule has 1 aliphatic carbocycles. The highest BCUT2D eigenvalue weighted by atomic mass is 19.4. The molecule has 1 aromatic carbocycles. The van der Waals surface area contributed by atoms with Crippen molar-refractivity contribution in [2.45, 2.75) is 52.1 Å². The Morgan fingerprint density at radius 3 is 2.55 bits per heavy atom. The van der Waals surface area contributed by atoms with Crippen LogP contribution in [0, 0.1) is 17.2 Å².